The molecule has 2 saturated heterocycles. The molecule has 0 saturated carbocycles. The number of phenolic OH excluding ortho intramolecular Hbond substituents is 1. The Balaban J connectivity index is 1.42. The van der Waals surface area contributed by atoms with E-state index in [0.717, 1.165) is 36.9 Å². The first-order valence-electron chi connectivity index (χ1n) is 9.11. The van der Waals surface area contributed by atoms with Crippen molar-refractivity contribution >= 4 is 28.5 Å². The predicted octanol–water partition coefficient (Wildman–Crippen LogP) is 0.399. The van der Waals surface area contributed by atoms with E-state index in [-0.39, 0.29) is 24.0 Å². The molecule has 27 heavy (non-hydrogen) atoms. The van der Waals surface area contributed by atoms with E-state index in [4.69, 9.17) is 4.74 Å². The molecule has 0 aliphatic carbocycles. The van der Waals surface area contributed by atoms with Gasteiger partial charge in [-0.1, -0.05) is 0 Å². The van der Waals surface area contributed by atoms with Crippen molar-refractivity contribution in [3.8, 4) is 5.75 Å². The lowest BCUT2D eigenvalue weighted by atomic mass is 10.0. The highest BCUT2D eigenvalue weighted by Crippen LogP contribution is 2.41. The van der Waals surface area contributed by atoms with Crippen LogP contribution in [0.1, 0.15) is 18.4 Å². The SMILES string of the molecule is O=C1CN(c2c(O)cc3c(c2F)CC(CNCC2CCOCC2)N3)S(=O)N1. The fraction of sp³-hybridized carbons (Fsp3) is 0.588. The molecule has 0 bridgehead atoms. The molecule has 0 aromatic heterocycles. The molecule has 8 nitrogen and oxygen atoms in total. The van der Waals surface area contributed by atoms with Crippen LogP contribution in [0, 0.1) is 11.7 Å². The average molecular weight is 398 g/mol. The number of aromatic hydroxyl groups is 1. The summed E-state index contributed by atoms with van der Waals surface area (Å²) in [5.41, 5.74) is 0.788. The van der Waals surface area contributed by atoms with Gasteiger partial charge in [-0.05, 0) is 31.7 Å². The summed E-state index contributed by atoms with van der Waals surface area (Å²) >= 11 is -1.88. The molecular formula is C17H23FN4O4S. The van der Waals surface area contributed by atoms with E-state index in [1.165, 1.54) is 6.07 Å². The van der Waals surface area contributed by atoms with Crippen LogP contribution in [0.2, 0.25) is 0 Å². The Hall–Kier alpha value is -1.91. The Morgan fingerprint density at radius 2 is 2.15 bits per heavy atom. The highest BCUT2D eigenvalue weighted by Gasteiger charge is 2.35. The van der Waals surface area contributed by atoms with E-state index < -0.39 is 22.9 Å². The van der Waals surface area contributed by atoms with E-state index >= 15 is 4.39 Å². The molecule has 1 aromatic carbocycles. The normalized spacial score (nSPS) is 25.4. The lowest BCUT2D eigenvalue weighted by Crippen LogP contribution is -2.35. The number of anilines is 2. The van der Waals surface area contributed by atoms with Gasteiger partial charge in [-0.15, -0.1) is 0 Å². The standard InChI is InChI=1S/C17H23FN4O4S/c18-16-12-5-11(8-19-7-10-1-3-26-4-2-10)20-13(12)6-14(23)17(16)22-9-15(24)21-27(22)25/h6,10-11,19-20,23H,1-5,7-9H2,(H,21,24). The van der Waals surface area contributed by atoms with E-state index in [1.807, 2.05) is 0 Å². The molecule has 2 unspecified atom stereocenters. The van der Waals surface area contributed by atoms with Gasteiger partial charge in [-0.3, -0.25) is 13.8 Å². The van der Waals surface area contributed by atoms with E-state index in [2.05, 4.69) is 15.4 Å². The molecule has 3 heterocycles. The molecule has 2 atom stereocenters. The quantitative estimate of drug-likeness (QED) is 0.573. The minimum absolute atomic E-state index is 0.00724. The summed E-state index contributed by atoms with van der Waals surface area (Å²) < 4.78 is 35.6. The van der Waals surface area contributed by atoms with Gasteiger partial charge in [-0.25, -0.2) is 8.60 Å². The molecule has 0 radical (unpaired) electrons. The Kier molecular flexibility index (Phi) is 5.20. The molecule has 10 heteroatoms. The Morgan fingerprint density at radius 3 is 2.85 bits per heavy atom. The van der Waals surface area contributed by atoms with Crippen LogP contribution in [0.5, 0.6) is 5.75 Å². The minimum Gasteiger partial charge on any atom is -0.506 e. The summed E-state index contributed by atoms with van der Waals surface area (Å²) in [4.78, 5) is 11.4. The first-order chi connectivity index (χ1) is 13.0. The zero-order chi connectivity index (χ0) is 19.0. The van der Waals surface area contributed by atoms with Crippen LogP contribution in [-0.2, 0) is 27.1 Å². The Bertz CT molecular complexity index is 772. The van der Waals surface area contributed by atoms with Gasteiger partial charge in [0.25, 0.3) is 5.91 Å². The summed E-state index contributed by atoms with van der Waals surface area (Å²) in [5.74, 6) is -0.834. The Morgan fingerprint density at radius 1 is 1.37 bits per heavy atom. The number of halogens is 1. The van der Waals surface area contributed by atoms with E-state index in [0.29, 0.717) is 30.1 Å². The van der Waals surface area contributed by atoms with Crippen molar-refractivity contribution in [1.29, 1.82) is 0 Å². The number of fused-ring (bicyclic) bond motifs is 1. The molecule has 1 amide bonds. The topological polar surface area (TPSA) is 103 Å². The third-order valence-corrected chi connectivity index (χ3v) is 6.35. The number of amides is 1. The summed E-state index contributed by atoms with van der Waals surface area (Å²) in [5, 5.41) is 16.9. The summed E-state index contributed by atoms with van der Waals surface area (Å²) in [6.45, 7) is 2.94. The fourth-order valence-electron chi connectivity index (χ4n) is 3.82. The zero-order valence-corrected chi connectivity index (χ0v) is 15.6. The van der Waals surface area contributed by atoms with Gasteiger partial charge in [0.2, 0.25) is 11.2 Å². The number of ether oxygens (including phenoxy) is 1. The molecule has 3 aliphatic rings. The molecule has 4 N–H and O–H groups in total. The third-order valence-electron chi connectivity index (χ3n) is 5.23. The van der Waals surface area contributed by atoms with E-state index in [1.54, 1.807) is 0 Å². The number of phenols is 1. The van der Waals surface area contributed by atoms with Crippen molar-refractivity contribution in [2.45, 2.75) is 25.3 Å². The monoisotopic (exact) mass is 398 g/mol. The van der Waals surface area contributed by atoms with Crippen LogP contribution >= 0.6 is 0 Å². The maximum atomic E-state index is 15.0. The molecule has 1 aromatic rings. The molecule has 2 fully saturated rings. The minimum atomic E-state index is -1.88. The van der Waals surface area contributed by atoms with Crippen LogP contribution in [-0.4, -0.2) is 54.1 Å². The van der Waals surface area contributed by atoms with Crippen LogP contribution in [0.25, 0.3) is 0 Å². The molecule has 148 valence electrons. The summed E-state index contributed by atoms with van der Waals surface area (Å²) in [6, 6.07) is 1.44. The molecule has 3 aliphatic heterocycles. The fourth-order valence-corrected chi connectivity index (χ4v) is 4.76. The highest BCUT2D eigenvalue weighted by molar-refractivity contribution is 7.85. The summed E-state index contributed by atoms with van der Waals surface area (Å²) in [6.07, 6.45) is 2.56. The smallest absolute Gasteiger partial charge is 0.253 e. The van der Waals surface area contributed by atoms with Crippen LogP contribution < -0.4 is 19.7 Å². The number of rotatable bonds is 5. The second-order valence-electron chi connectivity index (χ2n) is 7.15. The lowest BCUT2D eigenvalue weighted by molar-refractivity contribution is -0.117. The Labute approximate surface area is 159 Å². The maximum Gasteiger partial charge on any atom is 0.253 e. The predicted molar refractivity (Wildman–Crippen MR) is 99.2 cm³/mol. The van der Waals surface area contributed by atoms with Gasteiger partial charge in [0, 0.05) is 43.1 Å². The van der Waals surface area contributed by atoms with Crippen molar-refractivity contribution < 1.29 is 23.2 Å². The second kappa shape index (κ2) is 7.61. The lowest BCUT2D eigenvalue weighted by Gasteiger charge is -2.23. The number of hydrogen-bond acceptors (Lipinski definition) is 6. The van der Waals surface area contributed by atoms with Gasteiger partial charge in [0.15, 0.2) is 5.82 Å². The molecular weight excluding hydrogens is 375 g/mol. The number of carbonyl (C=O) groups is 1. The van der Waals surface area contributed by atoms with Crippen molar-refractivity contribution in [2.24, 2.45) is 5.92 Å². The van der Waals surface area contributed by atoms with Gasteiger partial charge in [0.05, 0.1) is 0 Å². The first kappa shape index (κ1) is 18.5. The molecule has 4 rings (SSSR count). The third kappa shape index (κ3) is 3.74. The van der Waals surface area contributed by atoms with Gasteiger partial charge in [0.1, 0.15) is 18.0 Å². The van der Waals surface area contributed by atoms with Gasteiger partial charge in [-0.2, -0.15) is 0 Å². The highest BCUT2D eigenvalue weighted by atomic mass is 32.2. The average Bonchev–Trinajstić information content (AvgIpc) is 3.19. The first-order valence-corrected chi connectivity index (χ1v) is 10.2. The zero-order valence-electron chi connectivity index (χ0n) is 14.8. The number of benzene rings is 1. The number of hydrogen-bond donors (Lipinski definition) is 4. The van der Waals surface area contributed by atoms with E-state index in [9.17, 15) is 14.1 Å². The largest absolute Gasteiger partial charge is 0.506 e. The van der Waals surface area contributed by atoms with Crippen LogP contribution in [0.4, 0.5) is 15.8 Å². The second-order valence-corrected chi connectivity index (χ2v) is 8.30. The maximum absolute atomic E-state index is 15.0. The van der Waals surface area contributed by atoms with Crippen molar-refractivity contribution in [3.63, 3.8) is 0 Å². The number of nitrogens with zero attached hydrogens (tertiary/aromatic N) is 1. The van der Waals surface area contributed by atoms with Gasteiger partial charge >= 0.3 is 0 Å². The number of nitrogens with one attached hydrogen (secondary N) is 3. The molecule has 0 spiro atoms. The van der Waals surface area contributed by atoms with Crippen LogP contribution in [0.15, 0.2) is 6.07 Å². The summed E-state index contributed by atoms with van der Waals surface area (Å²) in [7, 11) is 0. The van der Waals surface area contributed by atoms with Crippen molar-refractivity contribution in [2.75, 3.05) is 42.5 Å². The van der Waals surface area contributed by atoms with Crippen molar-refractivity contribution in [1.82, 2.24) is 10.0 Å². The van der Waals surface area contributed by atoms with Crippen LogP contribution in [0.3, 0.4) is 0 Å². The number of carbonyl (C=O) groups excluding carboxylic acids is 1. The van der Waals surface area contributed by atoms with Crippen molar-refractivity contribution in [3.05, 3.63) is 17.4 Å². The van der Waals surface area contributed by atoms with Gasteiger partial charge < -0.3 is 20.5 Å².